The van der Waals surface area contributed by atoms with Crippen molar-refractivity contribution in [2.75, 3.05) is 26.3 Å². The Bertz CT molecular complexity index is 912. The molecule has 1 aromatic heterocycles. The van der Waals surface area contributed by atoms with Gasteiger partial charge in [-0.25, -0.2) is 4.98 Å². The van der Waals surface area contributed by atoms with E-state index in [2.05, 4.69) is 21.2 Å². The summed E-state index contributed by atoms with van der Waals surface area (Å²) in [6.07, 6.45) is 0. The lowest BCUT2D eigenvalue weighted by molar-refractivity contribution is 0.0303. The van der Waals surface area contributed by atoms with Gasteiger partial charge in [-0.15, -0.1) is 0 Å². The maximum atomic E-state index is 12.5. The number of carbonyl (C=O) groups is 1. The fourth-order valence-electron chi connectivity index (χ4n) is 3.02. The Kier molecular flexibility index (Phi) is 4.50. The molecule has 1 aliphatic rings. The maximum Gasteiger partial charge on any atom is 0.254 e. The zero-order chi connectivity index (χ0) is 17.9. The molecule has 2 heterocycles. The number of morpholine rings is 1. The third kappa shape index (κ3) is 3.36. The summed E-state index contributed by atoms with van der Waals surface area (Å²) in [6, 6.07) is 15.5. The van der Waals surface area contributed by atoms with E-state index in [0.717, 1.165) is 11.1 Å². The number of rotatable bonds is 3. The lowest BCUT2D eigenvalue weighted by atomic mass is 10.1. The van der Waals surface area contributed by atoms with Crippen LogP contribution in [0.25, 0.3) is 22.8 Å². The Hall–Kier alpha value is -2.99. The van der Waals surface area contributed by atoms with Crippen molar-refractivity contribution in [3.63, 3.8) is 0 Å². The summed E-state index contributed by atoms with van der Waals surface area (Å²) < 4.78 is 5.30. The average molecular weight is 348 g/mol. The Balaban J connectivity index is 1.53. The topological polar surface area (TPSA) is 71.1 Å². The highest BCUT2D eigenvalue weighted by molar-refractivity contribution is 5.94. The number of ether oxygens (including phenoxy) is 1. The highest BCUT2D eigenvalue weighted by Crippen LogP contribution is 2.21. The smallest absolute Gasteiger partial charge is 0.254 e. The maximum absolute atomic E-state index is 12.5. The van der Waals surface area contributed by atoms with Crippen LogP contribution in [0.15, 0.2) is 48.5 Å². The summed E-state index contributed by atoms with van der Waals surface area (Å²) in [6.45, 7) is 4.53. The van der Waals surface area contributed by atoms with Gasteiger partial charge in [-0.1, -0.05) is 35.9 Å². The molecule has 26 heavy (non-hydrogen) atoms. The molecule has 0 spiro atoms. The lowest BCUT2D eigenvalue weighted by Gasteiger charge is -2.26. The number of amides is 1. The molecular formula is C20H20N4O2. The van der Waals surface area contributed by atoms with Gasteiger partial charge in [-0.3, -0.25) is 9.89 Å². The van der Waals surface area contributed by atoms with Crippen molar-refractivity contribution < 1.29 is 9.53 Å². The minimum Gasteiger partial charge on any atom is -0.378 e. The molecule has 4 rings (SSSR count). The van der Waals surface area contributed by atoms with Crippen molar-refractivity contribution in [2.45, 2.75) is 6.92 Å². The Morgan fingerprint density at radius 2 is 1.85 bits per heavy atom. The van der Waals surface area contributed by atoms with Gasteiger partial charge >= 0.3 is 0 Å². The Morgan fingerprint density at radius 1 is 1.08 bits per heavy atom. The SMILES string of the molecule is Cc1cccc(-c2n[nH]c(-c3ccc(C(=O)N4CCOCC4)cc3)n2)c1. The van der Waals surface area contributed by atoms with Crippen LogP contribution in [0.5, 0.6) is 0 Å². The van der Waals surface area contributed by atoms with Crippen LogP contribution in [0.3, 0.4) is 0 Å². The highest BCUT2D eigenvalue weighted by atomic mass is 16.5. The zero-order valence-electron chi connectivity index (χ0n) is 14.6. The average Bonchev–Trinajstić information content (AvgIpc) is 3.18. The molecule has 132 valence electrons. The van der Waals surface area contributed by atoms with Gasteiger partial charge in [-0.2, -0.15) is 5.10 Å². The zero-order valence-corrected chi connectivity index (χ0v) is 14.6. The van der Waals surface area contributed by atoms with E-state index >= 15 is 0 Å². The van der Waals surface area contributed by atoms with Crippen LogP contribution >= 0.6 is 0 Å². The number of H-pyrrole nitrogens is 1. The van der Waals surface area contributed by atoms with E-state index in [9.17, 15) is 4.79 Å². The van der Waals surface area contributed by atoms with Crippen molar-refractivity contribution in [3.8, 4) is 22.8 Å². The normalized spacial score (nSPS) is 14.4. The van der Waals surface area contributed by atoms with E-state index in [4.69, 9.17) is 4.74 Å². The van der Waals surface area contributed by atoms with E-state index in [0.29, 0.717) is 43.5 Å². The van der Waals surface area contributed by atoms with Gasteiger partial charge in [0.2, 0.25) is 0 Å². The molecule has 0 aliphatic carbocycles. The fraction of sp³-hybridized carbons (Fsp3) is 0.250. The van der Waals surface area contributed by atoms with Gasteiger partial charge in [0, 0.05) is 29.8 Å². The molecular weight excluding hydrogens is 328 g/mol. The first-order valence-electron chi connectivity index (χ1n) is 8.67. The highest BCUT2D eigenvalue weighted by Gasteiger charge is 2.18. The summed E-state index contributed by atoms with van der Waals surface area (Å²) in [4.78, 5) is 18.9. The van der Waals surface area contributed by atoms with Crippen LogP contribution in [0.2, 0.25) is 0 Å². The standard InChI is InChI=1S/C20H20N4O2/c1-14-3-2-4-17(13-14)19-21-18(22-23-19)15-5-7-16(8-6-15)20(25)24-9-11-26-12-10-24/h2-8,13H,9-12H2,1H3,(H,21,22,23). The van der Waals surface area contributed by atoms with Gasteiger partial charge < -0.3 is 9.64 Å². The van der Waals surface area contributed by atoms with E-state index < -0.39 is 0 Å². The number of carbonyl (C=O) groups excluding carboxylic acids is 1. The second kappa shape index (κ2) is 7.09. The molecule has 0 bridgehead atoms. The number of aromatic nitrogens is 3. The summed E-state index contributed by atoms with van der Waals surface area (Å²) in [5.74, 6) is 1.39. The molecule has 0 atom stereocenters. The minimum absolute atomic E-state index is 0.0397. The third-order valence-electron chi connectivity index (χ3n) is 4.47. The number of benzene rings is 2. The van der Waals surface area contributed by atoms with Gasteiger partial charge in [0.1, 0.15) is 0 Å². The van der Waals surface area contributed by atoms with E-state index in [1.54, 1.807) is 0 Å². The van der Waals surface area contributed by atoms with Gasteiger partial charge in [0.15, 0.2) is 11.6 Å². The van der Waals surface area contributed by atoms with Crippen LogP contribution in [0, 0.1) is 6.92 Å². The summed E-state index contributed by atoms with van der Waals surface area (Å²) >= 11 is 0. The predicted molar refractivity (Wildman–Crippen MR) is 98.7 cm³/mol. The minimum atomic E-state index is 0.0397. The van der Waals surface area contributed by atoms with Gasteiger partial charge in [0.05, 0.1) is 13.2 Å². The Labute approximate surface area is 151 Å². The summed E-state index contributed by atoms with van der Waals surface area (Å²) in [7, 11) is 0. The quantitative estimate of drug-likeness (QED) is 0.790. The molecule has 0 radical (unpaired) electrons. The first-order chi connectivity index (χ1) is 12.7. The van der Waals surface area contributed by atoms with Crippen LogP contribution in [0.4, 0.5) is 0 Å². The summed E-state index contributed by atoms with van der Waals surface area (Å²) in [5.41, 5.74) is 3.72. The van der Waals surface area contributed by atoms with Crippen molar-refractivity contribution in [3.05, 3.63) is 59.7 Å². The molecule has 1 N–H and O–H groups in total. The fourth-order valence-corrected chi connectivity index (χ4v) is 3.02. The van der Waals surface area contributed by atoms with E-state index in [-0.39, 0.29) is 5.91 Å². The second-order valence-electron chi connectivity index (χ2n) is 6.36. The van der Waals surface area contributed by atoms with Crippen LogP contribution in [-0.4, -0.2) is 52.3 Å². The molecule has 1 aliphatic heterocycles. The third-order valence-corrected chi connectivity index (χ3v) is 4.47. The molecule has 1 fully saturated rings. The van der Waals surface area contributed by atoms with Crippen molar-refractivity contribution in [1.82, 2.24) is 20.1 Å². The number of nitrogens with zero attached hydrogens (tertiary/aromatic N) is 3. The number of hydrogen-bond donors (Lipinski definition) is 1. The molecule has 0 saturated carbocycles. The van der Waals surface area contributed by atoms with Crippen molar-refractivity contribution in [1.29, 1.82) is 0 Å². The first kappa shape index (κ1) is 16.5. The monoisotopic (exact) mass is 348 g/mol. The first-order valence-corrected chi connectivity index (χ1v) is 8.67. The van der Waals surface area contributed by atoms with E-state index in [1.807, 2.05) is 54.3 Å². The lowest BCUT2D eigenvalue weighted by Crippen LogP contribution is -2.40. The number of nitrogens with one attached hydrogen (secondary N) is 1. The van der Waals surface area contributed by atoms with E-state index in [1.165, 1.54) is 5.56 Å². The Morgan fingerprint density at radius 3 is 2.58 bits per heavy atom. The summed E-state index contributed by atoms with van der Waals surface area (Å²) in [5, 5.41) is 7.29. The largest absolute Gasteiger partial charge is 0.378 e. The molecule has 1 amide bonds. The number of aromatic amines is 1. The molecule has 2 aromatic carbocycles. The van der Waals surface area contributed by atoms with Crippen LogP contribution < -0.4 is 0 Å². The second-order valence-corrected chi connectivity index (χ2v) is 6.36. The molecule has 3 aromatic rings. The van der Waals surface area contributed by atoms with Gasteiger partial charge in [-0.05, 0) is 25.1 Å². The number of hydrogen-bond acceptors (Lipinski definition) is 4. The molecule has 1 saturated heterocycles. The molecule has 0 unspecified atom stereocenters. The van der Waals surface area contributed by atoms with Gasteiger partial charge in [0.25, 0.3) is 5.91 Å². The van der Waals surface area contributed by atoms with Crippen LogP contribution in [0.1, 0.15) is 15.9 Å². The van der Waals surface area contributed by atoms with Crippen molar-refractivity contribution in [2.24, 2.45) is 0 Å². The van der Waals surface area contributed by atoms with Crippen LogP contribution in [-0.2, 0) is 4.74 Å². The molecule has 6 nitrogen and oxygen atoms in total. The van der Waals surface area contributed by atoms with Crippen molar-refractivity contribution >= 4 is 5.91 Å². The predicted octanol–water partition coefficient (Wildman–Crippen LogP) is 2.92. The molecule has 6 heteroatoms. The number of aryl methyl sites for hydroxylation is 1.